The highest BCUT2D eigenvalue weighted by Crippen LogP contribution is 2.59. The Kier molecular flexibility index (Phi) is 5.50. The van der Waals surface area contributed by atoms with Gasteiger partial charge < -0.3 is 10.1 Å². The van der Waals surface area contributed by atoms with Crippen molar-refractivity contribution >= 4 is 0 Å². The first-order valence-corrected chi connectivity index (χ1v) is 9.94. The van der Waals surface area contributed by atoms with Crippen molar-refractivity contribution in [1.82, 2.24) is 15.0 Å². The molecule has 1 atom stereocenters. The van der Waals surface area contributed by atoms with Crippen molar-refractivity contribution in [3.63, 3.8) is 0 Å². The second-order valence-electron chi connectivity index (χ2n) is 8.28. The largest absolute Gasteiger partial charge is 0.421 e. The average Bonchev–Trinajstić information content (AvgIpc) is 3.41. The summed E-state index contributed by atoms with van der Waals surface area (Å²) in [7, 11) is 0. The average molecular weight is 473 g/mol. The van der Waals surface area contributed by atoms with E-state index in [0.29, 0.717) is 11.3 Å². The van der Waals surface area contributed by atoms with E-state index in [2.05, 4.69) is 15.0 Å². The summed E-state index contributed by atoms with van der Waals surface area (Å²) >= 11 is 0. The highest BCUT2D eigenvalue weighted by atomic mass is 19.4. The van der Waals surface area contributed by atoms with Crippen molar-refractivity contribution in [2.45, 2.75) is 43.6 Å². The molecule has 4 nitrogen and oxygen atoms in total. The summed E-state index contributed by atoms with van der Waals surface area (Å²) in [5.41, 5.74) is -4.90. The number of nitrogens with one attached hydrogen (secondary N) is 1. The molecule has 0 aliphatic heterocycles. The molecule has 1 aliphatic rings. The maximum atomic E-state index is 13.9. The van der Waals surface area contributed by atoms with Crippen molar-refractivity contribution < 1.29 is 35.8 Å². The molecule has 176 valence electrons. The minimum Gasteiger partial charge on any atom is -0.376 e. The molecule has 1 saturated carbocycles. The molecule has 0 amide bonds. The van der Waals surface area contributed by atoms with Gasteiger partial charge in [0.15, 0.2) is 5.60 Å². The van der Waals surface area contributed by atoms with Gasteiger partial charge in [-0.2, -0.15) is 26.3 Å². The van der Waals surface area contributed by atoms with Crippen LogP contribution in [0.25, 0.3) is 11.3 Å². The van der Waals surface area contributed by atoms with Crippen LogP contribution in [0.1, 0.15) is 29.9 Å². The zero-order valence-electron chi connectivity index (χ0n) is 16.9. The number of hydrogen-bond donors (Lipinski definition) is 2. The van der Waals surface area contributed by atoms with Crippen molar-refractivity contribution in [3.8, 4) is 11.3 Å². The maximum Gasteiger partial charge on any atom is 0.421 e. The van der Waals surface area contributed by atoms with Crippen LogP contribution >= 0.6 is 0 Å². The van der Waals surface area contributed by atoms with Gasteiger partial charge in [-0.1, -0.05) is 24.3 Å². The third kappa shape index (κ3) is 4.46. The van der Waals surface area contributed by atoms with Gasteiger partial charge in [-0.15, -0.1) is 0 Å². The first-order chi connectivity index (χ1) is 15.3. The summed E-state index contributed by atoms with van der Waals surface area (Å²) in [6, 6.07) is 7.26. The Morgan fingerprint density at radius 1 is 0.909 bits per heavy atom. The molecular formula is C22H18F7N3O. The number of aliphatic hydroxyl groups is 1. The van der Waals surface area contributed by atoms with E-state index in [4.69, 9.17) is 0 Å². The number of nitrogens with zero attached hydrogens (tertiary/aromatic N) is 2. The minimum absolute atomic E-state index is 0.0490. The molecule has 2 N–H and O–H groups in total. The predicted octanol–water partition coefficient (Wildman–Crippen LogP) is 5.49. The lowest BCUT2D eigenvalue weighted by Crippen LogP contribution is -2.44. The van der Waals surface area contributed by atoms with Crippen LogP contribution in [0.5, 0.6) is 0 Å². The Morgan fingerprint density at radius 2 is 1.58 bits per heavy atom. The normalized spacial score (nSPS) is 17.6. The van der Waals surface area contributed by atoms with Crippen LogP contribution in [0.2, 0.25) is 0 Å². The molecule has 1 aromatic carbocycles. The van der Waals surface area contributed by atoms with E-state index in [1.807, 2.05) is 0 Å². The lowest BCUT2D eigenvalue weighted by Gasteiger charge is -2.30. The van der Waals surface area contributed by atoms with Crippen LogP contribution in [-0.4, -0.2) is 32.4 Å². The molecule has 1 aliphatic carbocycles. The molecule has 0 saturated heterocycles. The molecule has 0 spiro atoms. The number of pyridine rings is 1. The van der Waals surface area contributed by atoms with Gasteiger partial charge in [0.05, 0.1) is 17.3 Å². The van der Waals surface area contributed by atoms with Crippen LogP contribution in [0, 0.1) is 11.2 Å². The van der Waals surface area contributed by atoms with E-state index in [1.165, 1.54) is 18.2 Å². The van der Waals surface area contributed by atoms with Gasteiger partial charge >= 0.3 is 12.4 Å². The smallest absolute Gasteiger partial charge is 0.376 e. The number of rotatable bonds is 6. The molecular weight excluding hydrogens is 455 g/mol. The number of halogens is 7. The first kappa shape index (κ1) is 23.2. The lowest BCUT2D eigenvalue weighted by atomic mass is 9.88. The summed E-state index contributed by atoms with van der Waals surface area (Å²) < 4.78 is 94.2. The van der Waals surface area contributed by atoms with Gasteiger partial charge in [-0.05, 0) is 30.5 Å². The van der Waals surface area contributed by atoms with Gasteiger partial charge in [-0.25, -0.2) is 9.37 Å². The fraction of sp³-hybridized carbons (Fsp3) is 0.364. The third-order valence-electron chi connectivity index (χ3n) is 5.94. The highest BCUT2D eigenvalue weighted by molar-refractivity contribution is 5.59. The van der Waals surface area contributed by atoms with Crippen molar-refractivity contribution in [2.24, 2.45) is 5.41 Å². The Balaban J connectivity index is 1.57. The molecule has 1 fully saturated rings. The van der Waals surface area contributed by atoms with Gasteiger partial charge in [0, 0.05) is 30.3 Å². The number of imidazole rings is 1. The Labute approximate surface area is 183 Å². The molecule has 4 rings (SSSR count). The highest BCUT2D eigenvalue weighted by Gasteiger charge is 2.63. The zero-order chi connectivity index (χ0) is 24.1. The topological polar surface area (TPSA) is 61.8 Å². The summed E-state index contributed by atoms with van der Waals surface area (Å²) in [6.45, 7) is 0. The van der Waals surface area contributed by atoms with Gasteiger partial charge in [-0.3, -0.25) is 4.98 Å². The summed E-state index contributed by atoms with van der Waals surface area (Å²) in [6.07, 6.45) is -8.99. The molecule has 1 unspecified atom stereocenters. The molecule has 2 heterocycles. The van der Waals surface area contributed by atoms with E-state index in [1.54, 1.807) is 0 Å². The predicted molar refractivity (Wildman–Crippen MR) is 103 cm³/mol. The SMILES string of the molecule is OC(Cc1ncc(CC2(C(F)(F)F)CC2)[nH]1)(c1ccc(-c2ccc(F)cn2)cc1)C(F)(F)F. The number of benzene rings is 1. The third-order valence-corrected chi connectivity index (χ3v) is 5.94. The van der Waals surface area contributed by atoms with Gasteiger partial charge in [0.25, 0.3) is 0 Å². The van der Waals surface area contributed by atoms with Crippen molar-refractivity contribution in [2.75, 3.05) is 0 Å². The number of aromatic nitrogens is 3. The Hall–Kier alpha value is -2.95. The quantitative estimate of drug-likeness (QED) is 0.466. The fourth-order valence-corrected chi connectivity index (χ4v) is 3.73. The minimum atomic E-state index is -5.10. The van der Waals surface area contributed by atoms with Crippen LogP contribution in [0.3, 0.4) is 0 Å². The lowest BCUT2D eigenvalue weighted by molar-refractivity contribution is -0.266. The van der Waals surface area contributed by atoms with E-state index in [0.717, 1.165) is 30.6 Å². The monoisotopic (exact) mass is 473 g/mol. The summed E-state index contributed by atoms with van der Waals surface area (Å²) in [5.74, 6) is -0.852. The zero-order valence-corrected chi connectivity index (χ0v) is 16.9. The molecule has 2 aromatic heterocycles. The summed E-state index contributed by atoms with van der Waals surface area (Å²) in [5, 5.41) is 10.6. The standard InChI is InChI=1S/C22H18F7N3O/c23-15-5-6-17(30-11-15)13-1-3-14(4-2-13)20(33,22(27,28)29)10-18-31-12-16(32-18)9-19(7-8-19)21(24,25)26/h1-6,11-12,33H,7-10H2,(H,31,32). The van der Waals surface area contributed by atoms with E-state index in [-0.39, 0.29) is 24.4 Å². The molecule has 11 heteroatoms. The van der Waals surface area contributed by atoms with E-state index < -0.39 is 47.6 Å². The maximum absolute atomic E-state index is 13.9. The fourth-order valence-electron chi connectivity index (χ4n) is 3.73. The summed E-state index contributed by atoms with van der Waals surface area (Å²) in [4.78, 5) is 10.1. The first-order valence-electron chi connectivity index (χ1n) is 9.94. The van der Waals surface area contributed by atoms with Crippen LogP contribution < -0.4 is 0 Å². The molecule has 0 bridgehead atoms. The number of aromatic amines is 1. The van der Waals surface area contributed by atoms with Crippen molar-refractivity contribution in [1.29, 1.82) is 0 Å². The molecule has 3 aromatic rings. The number of H-pyrrole nitrogens is 1. The van der Waals surface area contributed by atoms with Crippen molar-refractivity contribution in [3.05, 3.63) is 71.7 Å². The van der Waals surface area contributed by atoms with Gasteiger partial charge in [0.1, 0.15) is 11.6 Å². The van der Waals surface area contributed by atoms with E-state index >= 15 is 0 Å². The Morgan fingerprint density at radius 3 is 2.09 bits per heavy atom. The second-order valence-corrected chi connectivity index (χ2v) is 8.28. The number of hydrogen-bond acceptors (Lipinski definition) is 3. The van der Waals surface area contributed by atoms with Crippen LogP contribution in [0.15, 0.2) is 48.8 Å². The Bertz CT molecular complexity index is 1120. The molecule has 0 radical (unpaired) electrons. The van der Waals surface area contributed by atoms with Crippen LogP contribution in [-0.2, 0) is 18.4 Å². The number of alkyl halides is 6. The van der Waals surface area contributed by atoms with Gasteiger partial charge in [0.2, 0.25) is 0 Å². The van der Waals surface area contributed by atoms with Crippen LogP contribution in [0.4, 0.5) is 30.7 Å². The van der Waals surface area contributed by atoms with E-state index in [9.17, 15) is 35.8 Å². The molecule has 33 heavy (non-hydrogen) atoms. The second kappa shape index (κ2) is 7.82.